The lowest BCUT2D eigenvalue weighted by Gasteiger charge is -2.09. The van der Waals surface area contributed by atoms with Crippen LogP contribution in [-0.4, -0.2) is 23.1 Å². The molecular formula is C14H12BClFNO3. The quantitative estimate of drug-likeness (QED) is 0.756. The number of nitrogens with one attached hydrogen (secondary N) is 1. The van der Waals surface area contributed by atoms with Crippen molar-refractivity contribution in [1.82, 2.24) is 0 Å². The third-order valence-electron chi connectivity index (χ3n) is 2.85. The van der Waals surface area contributed by atoms with Crippen molar-refractivity contribution in [2.45, 2.75) is 6.92 Å². The Bertz CT molecular complexity index is 694. The van der Waals surface area contributed by atoms with Crippen LogP contribution in [0.4, 0.5) is 10.1 Å². The molecule has 0 aromatic heterocycles. The summed E-state index contributed by atoms with van der Waals surface area (Å²) in [5, 5.41) is 21.0. The van der Waals surface area contributed by atoms with Crippen LogP contribution in [0.25, 0.3) is 0 Å². The first-order valence-corrected chi connectivity index (χ1v) is 6.49. The topological polar surface area (TPSA) is 69.6 Å². The molecule has 0 spiro atoms. The second kappa shape index (κ2) is 6.26. The summed E-state index contributed by atoms with van der Waals surface area (Å²) < 4.78 is 13.4. The van der Waals surface area contributed by atoms with Crippen molar-refractivity contribution in [1.29, 1.82) is 0 Å². The van der Waals surface area contributed by atoms with Crippen LogP contribution in [-0.2, 0) is 0 Å². The van der Waals surface area contributed by atoms with Crippen LogP contribution in [0.2, 0.25) is 5.02 Å². The van der Waals surface area contributed by atoms with Crippen molar-refractivity contribution < 1.29 is 19.2 Å². The minimum Gasteiger partial charge on any atom is -0.423 e. The maximum atomic E-state index is 13.4. The lowest BCUT2D eigenvalue weighted by Crippen LogP contribution is -2.31. The molecule has 0 bridgehead atoms. The maximum Gasteiger partial charge on any atom is 0.488 e. The number of amides is 1. The molecule has 0 atom stereocenters. The number of carbonyl (C=O) groups excluding carboxylic acids is 1. The van der Waals surface area contributed by atoms with Gasteiger partial charge in [0, 0.05) is 5.56 Å². The Kier molecular flexibility index (Phi) is 4.62. The van der Waals surface area contributed by atoms with E-state index in [2.05, 4.69) is 5.32 Å². The van der Waals surface area contributed by atoms with Gasteiger partial charge in [0.05, 0.1) is 10.7 Å². The molecule has 0 aliphatic heterocycles. The van der Waals surface area contributed by atoms with E-state index in [1.54, 1.807) is 18.2 Å². The smallest absolute Gasteiger partial charge is 0.423 e. The van der Waals surface area contributed by atoms with Gasteiger partial charge in [-0.3, -0.25) is 4.79 Å². The van der Waals surface area contributed by atoms with Crippen LogP contribution < -0.4 is 10.8 Å². The monoisotopic (exact) mass is 307 g/mol. The Morgan fingerprint density at radius 3 is 2.57 bits per heavy atom. The highest BCUT2D eigenvalue weighted by molar-refractivity contribution is 6.58. The second-order valence-corrected chi connectivity index (χ2v) is 4.99. The van der Waals surface area contributed by atoms with E-state index in [0.29, 0.717) is 10.7 Å². The molecule has 7 heteroatoms. The normalized spacial score (nSPS) is 10.3. The number of carbonyl (C=O) groups is 1. The zero-order valence-electron chi connectivity index (χ0n) is 11.1. The average molecular weight is 308 g/mol. The van der Waals surface area contributed by atoms with Gasteiger partial charge in [0.2, 0.25) is 0 Å². The Labute approximate surface area is 126 Å². The zero-order valence-corrected chi connectivity index (χ0v) is 11.9. The molecular weight excluding hydrogens is 295 g/mol. The van der Waals surface area contributed by atoms with E-state index in [0.717, 1.165) is 17.7 Å². The lowest BCUT2D eigenvalue weighted by molar-refractivity contribution is 0.102. The predicted octanol–water partition coefficient (Wildman–Crippen LogP) is 1.72. The lowest BCUT2D eigenvalue weighted by atomic mass is 9.79. The number of hydrogen-bond donors (Lipinski definition) is 3. The molecule has 108 valence electrons. The van der Waals surface area contributed by atoms with Gasteiger partial charge in [-0.25, -0.2) is 4.39 Å². The van der Waals surface area contributed by atoms with Crippen molar-refractivity contribution in [2.24, 2.45) is 0 Å². The fraction of sp³-hybridized carbons (Fsp3) is 0.0714. The highest BCUT2D eigenvalue weighted by Gasteiger charge is 2.16. The summed E-state index contributed by atoms with van der Waals surface area (Å²) in [6.07, 6.45) is 0. The van der Waals surface area contributed by atoms with Gasteiger partial charge in [0.25, 0.3) is 5.91 Å². The minimum atomic E-state index is -1.85. The fourth-order valence-corrected chi connectivity index (χ4v) is 2.09. The van der Waals surface area contributed by atoms with E-state index in [1.165, 1.54) is 6.07 Å². The molecule has 0 heterocycles. The van der Waals surface area contributed by atoms with Crippen molar-refractivity contribution in [3.05, 3.63) is 58.4 Å². The highest BCUT2D eigenvalue weighted by atomic mass is 35.5. The van der Waals surface area contributed by atoms with Gasteiger partial charge in [-0.1, -0.05) is 17.7 Å². The fourth-order valence-electron chi connectivity index (χ4n) is 1.81. The van der Waals surface area contributed by atoms with E-state index in [9.17, 15) is 9.18 Å². The van der Waals surface area contributed by atoms with Gasteiger partial charge < -0.3 is 15.4 Å². The molecule has 2 rings (SSSR count). The molecule has 0 unspecified atom stereocenters. The zero-order chi connectivity index (χ0) is 15.6. The summed E-state index contributed by atoms with van der Waals surface area (Å²) in [4.78, 5) is 12.1. The van der Waals surface area contributed by atoms with E-state index in [-0.39, 0.29) is 11.0 Å². The second-order valence-electron chi connectivity index (χ2n) is 4.58. The number of hydrogen-bond acceptors (Lipinski definition) is 3. The van der Waals surface area contributed by atoms with Gasteiger partial charge in [-0.05, 0) is 48.3 Å². The summed E-state index contributed by atoms with van der Waals surface area (Å²) in [6.45, 7) is 1.86. The van der Waals surface area contributed by atoms with Crippen LogP contribution in [0.5, 0.6) is 0 Å². The summed E-state index contributed by atoms with van der Waals surface area (Å²) in [6, 6.07) is 8.24. The number of halogens is 2. The molecule has 2 aromatic carbocycles. The van der Waals surface area contributed by atoms with E-state index >= 15 is 0 Å². The molecule has 4 nitrogen and oxygen atoms in total. The SMILES string of the molecule is Cc1ccc(NC(=O)c2cc(F)cc(B(O)O)c2)c(Cl)c1. The van der Waals surface area contributed by atoms with Crippen molar-refractivity contribution in [2.75, 3.05) is 5.32 Å². The molecule has 2 aromatic rings. The Morgan fingerprint density at radius 2 is 1.95 bits per heavy atom. The summed E-state index contributed by atoms with van der Waals surface area (Å²) >= 11 is 6.01. The number of benzene rings is 2. The first-order chi connectivity index (χ1) is 9.86. The summed E-state index contributed by atoms with van der Waals surface area (Å²) in [5.74, 6) is -1.33. The molecule has 0 saturated heterocycles. The van der Waals surface area contributed by atoms with Gasteiger partial charge in [-0.2, -0.15) is 0 Å². The van der Waals surface area contributed by atoms with Crippen LogP contribution in [0.3, 0.4) is 0 Å². The standard InChI is InChI=1S/C14H12BClFNO3/c1-8-2-3-13(12(16)4-8)18-14(19)9-5-10(15(20)21)7-11(17)6-9/h2-7,20-21H,1H3,(H,18,19). The summed E-state index contributed by atoms with van der Waals surface area (Å²) in [7, 11) is -1.85. The molecule has 3 N–H and O–H groups in total. The van der Waals surface area contributed by atoms with E-state index in [1.807, 2.05) is 6.92 Å². The van der Waals surface area contributed by atoms with Gasteiger partial charge in [0.15, 0.2) is 0 Å². The van der Waals surface area contributed by atoms with E-state index < -0.39 is 18.8 Å². The van der Waals surface area contributed by atoms with Crippen molar-refractivity contribution in [3.8, 4) is 0 Å². The van der Waals surface area contributed by atoms with E-state index in [4.69, 9.17) is 21.6 Å². The van der Waals surface area contributed by atoms with Crippen molar-refractivity contribution >= 4 is 35.8 Å². The van der Waals surface area contributed by atoms with Gasteiger partial charge >= 0.3 is 7.12 Å². The Hall–Kier alpha value is -1.89. The third-order valence-corrected chi connectivity index (χ3v) is 3.17. The first-order valence-electron chi connectivity index (χ1n) is 6.11. The molecule has 0 fully saturated rings. The average Bonchev–Trinajstić information content (AvgIpc) is 2.41. The van der Waals surface area contributed by atoms with Gasteiger partial charge in [0.1, 0.15) is 5.82 Å². The number of rotatable bonds is 3. The molecule has 0 aliphatic carbocycles. The number of aryl methyl sites for hydroxylation is 1. The molecule has 0 saturated carbocycles. The van der Waals surface area contributed by atoms with Gasteiger partial charge in [-0.15, -0.1) is 0 Å². The first kappa shape index (κ1) is 15.5. The Morgan fingerprint density at radius 1 is 1.24 bits per heavy atom. The highest BCUT2D eigenvalue weighted by Crippen LogP contribution is 2.23. The van der Waals surface area contributed by atoms with Crippen LogP contribution in [0.1, 0.15) is 15.9 Å². The van der Waals surface area contributed by atoms with Crippen molar-refractivity contribution in [3.63, 3.8) is 0 Å². The predicted molar refractivity (Wildman–Crippen MR) is 80.4 cm³/mol. The largest absolute Gasteiger partial charge is 0.488 e. The molecule has 21 heavy (non-hydrogen) atoms. The van der Waals surface area contributed by atoms with Crippen LogP contribution >= 0.6 is 11.6 Å². The maximum absolute atomic E-state index is 13.4. The molecule has 1 amide bonds. The minimum absolute atomic E-state index is 0.0326. The molecule has 0 radical (unpaired) electrons. The third kappa shape index (κ3) is 3.82. The summed E-state index contributed by atoms with van der Waals surface area (Å²) in [5.41, 5.74) is 1.20. The number of anilines is 1. The molecule has 0 aliphatic rings. The Balaban J connectivity index is 2.28. The van der Waals surface area contributed by atoms with Crippen LogP contribution in [0, 0.1) is 12.7 Å². The van der Waals surface area contributed by atoms with Crippen LogP contribution in [0.15, 0.2) is 36.4 Å².